The molecular weight excluding hydrogens is 2480 g/mol. The summed E-state index contributed by atoms with van der Waals surface area (Å²) >= 11 is 0. The van der Waals surface area contributed by atoms with Gasteiger partial charge in [0.05, 0.1) is 11.6 Å². The number of fused-ring (bicyclic) bond motifs is 1. The molecule has 0 fully saturated rings. The van der Waals surface area contributed by atoms with Crippen LogP contribution in [0.2, 0.25) is 0 Å². The minimum absolute atomic E-state index is 0. The van der Waals surface area contributed by atoms with Crippen LogP contribution in [0.1, 0.15) is 41.5 Å². The molecule has 0 aliphatic heterocycles. The van der Waals surface area contributed by atoms with Crippen LogP contribution in [0.25, 0.3) is 69.0 Å². The van der Waals surface area contributed by atoms with E-state index in [0.717, 1.165) is 63.3 Å². The van der Waals surface area contributed by atoms with E-state index in [1.54, 1.807) is 77.5 Å². The third-order valence-corrected chi connectivity index (χ3v) is 14.2. The Kier molecular flexibility index (Phi) is 43.5. The van der Waals surface area contributed by atoms with Crippen molar-refractivity contribution in [2.75, 3.05) is 0 Å². The van der Waals surface area contributed by atoms with Crippen molar-refractivity contribution in [2.45, 2.75) is 41.5 Å². The molecule has 23 nitrogen and oxygen atoms in total. The average Bonchev–Trinajstić information content (AvgIpc) is 1.69. The van der Waals surface area contributed by atoms with Gasteiger partial charge in [-0.05, 0) is 66.4 Å². The van der Waals surface area contributed by atoms with E-state index >= 15 is 0 Å². The summed E-state index contributed by atoms with van der Waals surface area (Å²) in [5, 5.41) is 23.9. The summed E-state index contributed by atoms with van der Waals surface area (Å²) in [5.41, 5.74) is 4.20. The van der Waals surface area contributed by atoms with Crippen molar-refractivity contribution in [1.82, 2.24) is 96.8 Å². The second-order valence-electron chi connectivity index (χ2n) is 23.8. The maximum absolute atomic E-state index is 11.5. The third-order valence-electron chi connectivity index (χ3n) is 14.2. The van der Waals surface area contributed by atoms with Crippen LogP contribution >= 0.6 is 0 Å². The number of carbonyl (C=O) groups excluding carboxylic acids is 1. The smallest absolute Gasteiger partial charge is 0.545 e. The molecule has 585 valence electrons. The van der Waals surface area contributed by atoms with E-state index in [4.69, 9.17) is 4.42 Å². The molecule has 3 radical (unpaired) electrons. The Morgan fingerprint density at radius 2 is 0.856 bits per heavy atom. The van der Waals surface area contributed by atoms with Crippen LogP contribution in [-0.4, -0.2) is 108 Å². The second kappa shape index (κ2) is 50.4. The summed E-state index contributed by atoms with van der Waals surface area (Å²) < 4.78 is 19.8. The zero-order chi connectivity index (χ0) is 72.6. The third kappa shape index (κ3) is 30.0. The molecule has 3 aromatic carbocycles. The number of para-hydroxylation sites is 4. The first-order valence-electron chi connectivity index (χ1n) is 32.5. The Bertz CT molecular complexity index is 4800. The van der Waals surface area contributed by atoms with Gasteiger partial charge in [0.1, 0.15) is 17.7 Å². The van der Waals surface area contributed by atoms with Gasteiger partial charge in [0.2, 0.25) is 0 Å². The van der Waals surface area contributed by atoms with Gasteiger partial charge in [-0.3, -0.25) is 24.7 Å². The first kappa shape index (κ1) is 95.7. The Hall–Kier alpha value is -9.45. The quantitative estimate of drug-likeness (QED) is 0.0579. The number of benzene rings is 3. The van der Waals surface area contributed by atoms with E-state index < -0.39 is 5.41 Å². The summed E-state index contributed by atoms with van der Waals surface area (Å²) in [6, 6.07) is 72.7. The summed E-state index contributed by atoms with van der Waals surface area (Å²) in [7, 11) is 0. The van der Waals surface area contributed by atoms with E-state index in [0.29, 0.717) is 5.76 Å². The Labute approximate surface area is 740 Å². The first-order valence-corrected chi connectivity index (χ1v) is 32.5. The molecule has 0 spiro atoms. The van der Waals surface area contributed by atoms with E-state index in [1.807, 2.05) is 288 Å². The summed E-state index contributed by atoms with van der Waals surface area (Å²) in [4.78, 5) is 45.0. The molecule has 0 aliphatic rings. The molecule has 0 saturated carbocycles. The molecule has 0 amide bonds. The van der Waals surface area contributed by atoms with Crippen molar-refractivity contribution in [3.63, 3.8) is 0 Å². The van der Waals surface area contributed by atoms with Gasteiger partial charge >= 0.3 is 19.8 Å². The number of aliphatic hydroxyl groups is 1. The first-order chi connectivity index (χ1) is 50.8. The SMILES string of the molecule is CC(C)(C)C(=O)C=C(O)C(C)(C)C.[Ir].[Os+].[Pd].[Pt].[Pt].[Pt].[Rh].[c-]1cccn1-c1ccccn1.[c-]1cccn1-c1nccn1-c1ccccc1.[c-]1cccn1-c1nccn1-c1ccccc1.[c-]1ccoc1-c1ccccn1.[c-]1nc2ccccc2n1-c1ccccn1.[c-]1nncn1-c1ccccn1.[c-]1nncn1-c1ccccn1. The monoisotopic (exact) mass is 2550 g/mol. The number of pyridine rings is 5. The number of imidazole rings is 3. The molecule has 111 heavy (non-hydrogen) atoms. The van der Waals surface area contributed by atoms with Crippen LogP contribution in [-0.2, 0) is 148 Å². The topological polar surface area (TPSA) is 245 Å². The number of ketones is 1. The maximum Gasteiger partial charge on any atom is 1.00 e. The van der Waals surface area contributed by atoms with Gasteiger partial charge in [-0.1, -0.05) is 187 Å². The van der Waals surface area contributed by atoms with Gasteiger partial charge in [-0.2, -0.15) is 18.2 Å². The van der Waals surface area contributed by atoms with Crippen molar-refractivity contribution in [3.8, 4) is 58.0 Å². The van der Waals surface area contributed by atoms with Crippen molar-refractivity contribution in [2.24, 2.45) is 10.8 Å². The Morgan fingerprint density at radius 1 is 0.441 bits per heavy atom. The van der Waals surface area contributed by atoms with Gasteiger partial charge in [-0.25, -0.2) is 20.4 Å². The van der Waals surface area contributed by atoms with Crippen molar-refractivity contribution < 1.29 is 157 Å². The maximum atomic E-state index is 11.5. The number of hydrogen-bond donors (Lipinski definition) is 1. The van der Waals surface area contributed by atoms with Crippen LogP contribution in [0.5, 0.6) is 0 Å². The fourth-order valence-corrected chi connectivity index (χ4v) is 8.87. The normalized spacial score (nSPS) is 10.1. The largest absolute Gasteiger partial charge is 1.00 e. The van der Waals surface area contributed by atoms with Crippen LogP contribution in [0.15, 0.2) is 328 Å². The zero-order valence-corrected chi connectivity index (χ0v) is 75.0. The molecule has 0 saturated heterocycles. The number of nitrogens with zero attached hydrogens (tertiary/aromatic N) is 20. The fraction of sp³-hybridized carbons (Fsp3) is 0.0988. The van der Waals surface area contributed by atoms with Crippen molar-refractivity contribution in [1.29, 1.82) is 0 Å². The van der Waals surface area contributed by atoms with E-state index in [9.17, 15) is 9.90 Å². The van der Waals surface area contributed by atoms with Gasteiger partial charge in [0.15, 0.2) is 5.78 Å². The molecule has 14 aromatic heterocycles. The number of hydrogen-bond acceptors (Lipinski definition) is 15. The number of allylic oxidation sites excluding steroid dienone is 2. The van der Waals surface area contributed by atoms with Crippen LogP contribution < -0.4 is 0 Å². The van der Waals surface area contributed by atoms with Crippen molar-refractivity contribution in [3.05, 3.63) is 367 Å². The fourth-order valence-electron chi connectivity index (χ4n) is 8.87. The Morgan fingerprint density at radius 3 is 1.23 bits per heavy atom. The molecule has 1 N–H and O–H groups in total. The predicted octanol–water partition coefficient (Wildman–Crippen LogP) is 15.0. The van der Waals surface area contributed by atoms with E-state index in [1.165, 1.54) is 6.08 Å². The summed E-state index contributed by atoms with van der Waals surface area (Å²) in [5.74, 6) is 5.77. The van der Waals surface area contributed by atoms with Crippen LogP contribution in [0, 0.1) is 54.5 Å². The second-order valence-corrected chi connectivity index (χ2v) is 23.8. The zero-order valence-electron chi connectivity index (χ0n) is 60.0. The molecule has 0 atom stereocenters. The number of rotatable bonds is 10. The van der Waals surface area contributed by atoms with Gasteiger partial charge < -0.3 is 66.0 Å². The van der Waals surface area contributed by atoms with Crippen LogP contribution in [0.4, 0.5) is 0 Å². The van der Waals surface area contributed by atoms with Gasteiger partial charge in [0.25, 0.3) is 0 Å². The molecule has 0 bridgehead atoms. The molecular formula is C81H71IrN20O3OsPdPt3Rh-6. The van der Waals surface area contributed by atoms with Gasteiger partial charge in [0, 0.05) is 262 Å². The standard InChI is InChI=1S/2C13H10N3.C12H8N3.C11H20O2.C9H7N2.C9H6NO.2C7H5N4.Ir.Os.Pd.3Pt.Rh/c2*1-2-6-12(7-3-1)16-11-8-14-13(16)15-9-4-5-10-15;1-2-6-11-10(5-1)14-9-15(11)12-7-3-4-8-13-12;1-10(2,3)8(12)7-9(13)11(4,5)6;1-2-6-10-9(5-1)11-7-3-4-8-11;1-2-6-10-8(4-1)9-5-3-7-11-9;2*1-2-4-8-7(3-1)11-5-9-10-6-11;;;;;;;/h2*1-9,11H;1-8H;7,12H,1-6H3;1-7H;1-4,6-7H;2*1-5H;;;;;;;/q3*-1;;4*-1;;+1;;;;;. The van der Waals surface area contributed by atoms with E-state index in [2.05, 4.69) is 128 Å². The molecule has 30 heteroatoms. The molecule has 17 rings (SSSR count). The molecule has 17 aromatic rings. The minimum atomic E-state index is -0.417. The summed E-state index contributed by atoms with van der Waals surface area (Å²) in [6.07, 6.45) is 45.4. The number of aromatic nitrogens is 20. The Balaban J connectivity index is 0.000000327. The van der Waals surface area contributed by atoms with E-state index in [-0.39, 0.29) is 160 Å². The number of aliphatic hydroxyl groups excluding tert-OH is 1. The molecule has 14 heterocycles. The van der Waals surface area contributed by atoms with Crippen molar-refractivity contribution >= 4 is 16.8 Å². The van der Waals surface area contributed by atoms with Gasteiger partial charge in [-0.15, -0.1) is 48.9 Å². The number of carbonyl (C=O) groups is 1. The summed E-state index contributed by atoms with van der Waals surface area (Å²) in [6.45, 7) is 11.1. The average molecular weight is 2550 g/mol. The minimum Gasteiger partial charge on any atom is -0.545 e. The molecule has 0 unspecified atom stereocenters. The number of furan rings is 1. The molecule has 0 aliphatic carbocycles. The van der Waals surface area contributed by atoms with Crippen LogP contribution in [0.3, 0.4) is 0 Å². The predicted molar refractivity (Wildman–Crippen MR) is 395 cm³/mol.